The number of pyridine rings is 1. The molecule has 0 spiro atoms. The fraction of sp³-hybridized carbons (Fsp3) is 0.615. The predicted molar refractivity (Wildman–Crippen MR) is 67.6 cm³/mol. The molecule has 1 aromatic rings. The minimum Gasteiger partial charge on any atom is -0.395 e. The Morgan fingerprint density at radius 2 is 2.12 bits per heavy atom. The van der Waals surface area contributed by atoms with Crippen molar-refractivity contribution in [1.82, 2.24) is 14.8 Å². The van der Waals surface area contributed by atoms with E-state index < -0.39 is 0 Å². The molecule has 1 atom stereocenters. The normalized spacial score (nSPS) is 23.5. The highest BCUT2D eigenvalue weighted by Crippen LogP contribution is 2.11. The van der Waals surface area contributed by atoms with Crippen molar-refractivity contribution in [1.29, 1.82) is 0 Å². The zero-order valence-corrected chi connectivity index (χ0v) is 10.4. The number of rotatable bonds is 3. The highest BCUT2D eigenvalue weighted by molar-refractivity contribution is 5.09. The zero-order valence-electron chi connectivity index (χ0n) is 10.4. The second kappa shape index (κ2) is 6.10. The molecule has 0 radical (unpaired) electrons. The molecule has 2 heterocycles. The quantitative estimate of drug-likeness (QED) is 0.832. The summed E-state index contributed by atoms with van der Waals surface area (Å²) in [5.74, 6) is 0. The van der Waals surface area contributed by atoms with E-state index in [4.69, 9.17) is 0 Å². The molecule has 0 amide bonds. The van der Waals surface area contributed by atoms with Crippen LogP contribution in [0.25, 0.3) is 0 Å². The second-order valence-electron chi connectivity index (χ2n) is 4.76. The van der Waals surface area contributed by atoms with E-state index in [9.17, 15) is 5.11 Å². The van der Waals surface area contributed by atoms with Crippen LogP contribution in [-0.2, 0) is 6.54 Å². The van der Waals surface area contributed by atoms with Crippen molar-refractivity contribution in [3.8, 4) is 0 Å². The number of hydrogen-bond donors (Lipinski definition) is 1. The molecule has 0 bridgehead atoms. The molecule has 17 heavy (non-hydrogen) atoms. The van der Waals surface area contributed by atoms with E-state index in [1.807, 2.05) is 12.4 Å². The van der Waals surface area contributed by atoms with Gasteiger partial charge in [-0.05, 0) is 44.3 Å². The standard InChI is InChI=1S/C13H21N3O/c1-15-7-2-8-16(10-13(15)11-17)9-12-3-5-14-6-4-12/h3-6,13,17H,2,7-11H2,1H3. The molecule has 4 heteroatoms. The third-order valence-corrected chi connectivity index (χ3v) is 3.44. The van der Waals surface area contributed by atoms with Gasteiger partial charge in [0.2, 0.25) is 0 Å². The number of aliphatic hydroxyl groups is 1. The Labute approximate surface area is 103 Å². The van der Waals surface area contributed by atoms with Gasteiger partial charge in [-0.25, -0.2) is 0 Å². The Kier molecular flexibility index (Phi) is 4.48. The average Bonchev–Trinajstić information content (AvgIpc) is 2.52. The molecule has 0 saturated carbocycles. The number of likely N-dealkylation sites (N-methyl/N-ethyl adjacent to an activating group) is 1. The van der Waals surface area contributed by atoms with E-state index in [2.05, 4.69) is 34.0 Å². The van der Waals surface area contributed by atoms with Crippen LogP contribution in [0.15, 0.2) is 24.5 Å². The van der Waals surface area contributed by atoms with Crippen LogP contribution in [0, 0.1) is 0 Å². The number of aromatic nitrogens is 1. The predicted octanol–water partition coefficient (Wildman–Crippen LogP) is 0.580. The smallest absolute Gasteiger partial charge is 0.0599 e. The minimum absolute atomic E-state index is 0.239. The molecule has 0 aromatic carbocycles. The van der Waals surface area contributed by atoms with Crippen molar-refractivity contribution in [3.63, 3.8) is 0 Å². The summed E-state index contributed by atoms with van der Waals surface area (Å²) < 4.78 is 0. The van der Waals surface area contributed by atoms with Crippen LogP contribution in [0.5, 0.6) is 0 Å². The van der Waals surface area contributed by atoms with Gasteiger partial charge in [-0.2, -0.15) is 0 Å². The maximum absolute atomic E-state index is 9.39. The van der Waals surface area contributed by atoms with E-state index >= 15 is 0 Å². The van der Waals surface area contributed by atoms with Crippen molar-refractivity contribution < 1.29 is 5.11 Å². The van der Waals surface area contributed by atoms with Gasteiger partial charge in [0, 0.05) is 31.5 Å². The highest BCUT2D eigenvalue weighted by atomic mass is 16.3. The first-order valence-corrected chi connectivity index (χ1v) is 6.22. The van der Waals surface area contributed by atoms with Gasteiger partial charge in [0.05, 0.1) is 6.61 Å². The van der Waals surface area contributed by atoms with Crippen molar-refractivity contribution in [2.45, 2.75) is 19.0 Å². The van der Waals surface area contributed by atoms with Gasteiger partial charge in [0.15, 0.2) is 0 Å². The number of aliphatic hydroxyl groups excluding tert-OH is 1. The van der Waals surface area contributed by atoms with E-state index in [1.54, 1.807) is 0 Å². The molecule has 1 N–H and O–H groups in total. The SMILES string of the molecule is CN1CCCN(Cc2ccncc2)CC1CO. The van der Waals surface area contributed by atoms with Crippen molar-refractivity contribution in [3.05, 3.63) is 30.1 Å². The lowest BCUT2D eigenvalue weighted by Crippen LogP contribution is -2.41. The van der Waals surface area contributed by atoms with Gasteiger partial charge in [-0.3, -0.25) is 14.8 Å². The van der Waals surface area contributed by atoms with Gasteiger partial charge in [-0.1, -0.05) is 0 Å². The molecule has 1 saturated heterocycles. The molecule has 1 aliphatic rings. The maximum atomic E-state index is 9.39. The monoisotopic (exact) mass is 235 g/mol. The summed E-state index contributed by atoms with van der Waals surface area (Å²) >= 11 is 0. The highest BCUT2D eigenvalue weighted by Gasteiger charge is 2.21. The lowest BCUT2D eigenvalue weighted by Gasteiger charge is -2.27. The summed E-state index contributed by atoms with van der Waals surface area (Å²) in [6.07, 6.45) is 4.84. The molecule has 94 valence electrons. The molecule has 1 aliphatic heterocycles. The van der Waals surface area contributed by atoms with Gasteiger partial charge in [-0.15, -0.1) is 0 Å². The summed E-state index contributed by atoms with van der Waals surface area (Å²) in [5.41, 5.74) is 1.29. The first kappa shape index (κ1) is 12.5. The van der Waals surface area contributed by atoms with Gasteiger partial charge in [0.1, 0.15) is 0 Å². The topological polar surface area (TPSA) is 39.6 Å². The number of nitrogens with zero attached hydrogens (tertiary/aromatic N) is 3. The first-order chi connectivity index (χ1) is 8.29. The molecule has 1 fully saturated rings. The van der Waals surface area contributed by atoms with Gasteiger partial charge < -0.3 is 5.11 Å². The van der Waals surface area contributed by atoms with E-state index in [-0.39, 0.29) is 12.6 Å². The van der Waals surface area contributed by atoms with Crippen LogP contribution in [0.2, 0.25) is 0 Å². The van der Waals surface area contributed by atoms with Crippen LogP contribution in [-0.4, -0.2) is 59.2 Å². The summed E-state index contributed by atoms with van der Waals surface area (Å²) in [6.45, 7) is 4.30. The van der Waals surface area contributed by atoms with Crippen LogP contribution >= 0.6 is 0 Å². The molecule has 2 rings (SSSR count). The van der Waals surface area contributed by atoms with E-state index in [0.717, 1.165) is 32.6 Å². The van der Waals surface area contributed by atoms with E-state index in [0.29, 0.717) is 0 Å². The third kappa shape index (κ3) is 3.49. The Balaban J connectivity index is 1.96. The molecule has 0 aliphatic carbocycles. The van der Waals surface area contributed by atoms with Crippen molar-refractivity contribution in [2.75, 3.05) is 33.3 Å². The van der Waals surface area contributed by atoms with Gasteiger partial charge >= 0.3 is 0 Å². The van der Waals surface area contributed by atoms with Crippen molar-refractivity contribution in [2.24, 2.45) is 0 Å². The fourth-order valence-electron chi connectivity index (χ4n) is 2.34. The summed E-state index contributed by atoms with van der Waals surface area (Å²) in [5, 5.41) is 9.39. The van der Waals surface area contributed by atoms with Crippen molar-refractivity contribution >= 4 is 0 Å². The first-order valence-electron chi connectivity index (χ1n) is 6.22. The largest absolute Gasteiger partial charge is 0.395 e. The molecular weight excluding hydrogens is 214 g/mol. The van der Waals surface area contributed by atoms with Crippen LogP contribution < -0.4 is 0 Å². The van der Waals surface area contributed by atoms with Gasteiger partial charge in [0.25, 0.3) is 0 Å². The lowest BCUT2D eigenvalue weighted by atomic mass is 10.2. The van der Waals surface area contributed by atoms with E-state index in [1.165, 1.54) is 5.56 Å². The summed E-state index contributed by atoms with van der Waals surface area (Å²) in [7, 11) is 2.09. The molecule has 1 aromatic heterocycles. The fourth-order valence-corrected chi connectivity index (χ4v) is 2.34. The Morgan fingerprint density at radius 3 is 2.82 bits per heavy atom. The average molecular weight is 235 g/mol. The zero-order chi connectivity index (χ0) is 12.1. The molecular formula is C13H21N3O. The van der Waals surface area contributed by atoms with Crippen LogP contribution in [0.1, 0.15) is 12.0 Å². The second-order valence-corrected chi connectivity index (χ2v) is 4.76. The summed E-state index contributed by atoms with van der Waals surface area (Å²) in [6, 6.07) is 4.38. The third-order valence-electron chi connectivity index (χ3n) is 3.44. The minimum atomic E-state index is 0.239. The lowest BCUT2D eigenvalue weighted by molar-refractivity contribution is 0.129. The molecule has 1 unspecified atom stereocenters. The Bertz CT molecular complexity index is 331. The maximum Gasteiger partial charge on any atom is 0.0599 e. The Hall–Kier alpha value is -0.970. The van der Waals surface area contributed by atoms with Crippen LogP contribution in [0.4, 0.5) is 0 Å². The number of hydrogen-bond acceptors (Lipinski definition) is 4. The Morgan fingerprint density at radius 1 is 1.35 bits per heavy atom. The molecule has 4 nitrogen and oxygen atoms in total. The van der Waals surface area contributed by atoms with Crippen LogP contribution in [0.3, 0.4) is 0 Å². The summed E-state index contributed by atoms with van der Waals surface area (Å²) in [4.78, 5) is 8.71.